The lowest BCUT2D eigenvalue weighted by Gasteiger charge is -2.34. The van der Waals surface area contributed by atoms with Crippen molar-refractivity contribution in [2.45, 2.75) is 24.8 Å². The summed E-state index contributed by atoms with van der Waals surface area (Å²) in [5, 5.41) is 12.1. The van der Waals surface area contributed by atoms with Gasteiger partial charge in [-0.15, -0.1) is 0 Å². The second kappa shape index (κ2) is 7.23. The molecule has 0 aromatic heterocycles. The third-order valence-corrected chi connectivity index (χ3v) is 4.89. The van der Waals surface area contributed by atoms with Crippen molar-refractivity contribution in [3.63, 3.8) is 0 Å². The number of nitrogens with zero attached hydrogens (tertiary/aromatic N) is 1. The molecule has 0 radical (unpaired) electrons. The van der Waals surface area contributed by atoms with Crippen molar-refractivity contribution in [3.05, 3.63) is 35.9 Å². The molecular formula is C18H22N2O5. The topological polar surface area (TPSA) is 95.9 Å². The van der Waals surface area contributed by atoms with E-state index in [-0.39, 0.29) is 24.8 Å². The van der Waals surface area contributed by atoms with Crippen LogP contribution in [0, 0.1) is 5.92 Å². The molecule has 0 aliphatic carbocycles. The number of hydrogen-bond donors (Lipinski definition) is 2. The second-order valence-corrected chi connectivity index (χ2v) is 6.64. The Bertz CT molecular complexity index is 655. The van der Waals surface area contributed by atoms with Crippen LogP contribution in [0.5, 0.6) is 0 Å². The van der Waals surface area contributed by atoms with Crippen LogP contribution in [0.4, 0.5) is 0 Å². The maximum absolute atomic E-state index is 12.6. The summed E-state index contributed by atoms with van der Waals surface area (Å²) in [4.78, 5) is 38.4. The molecule has 3 rings (SSSR count). The molecule has 2 heterocycles. The van der Waals surface area contributed by atoms with Crippen LogP contribution < -0.4 is 5.32 Å². The first-order chi connectivity index (χ1) is 12.0. The third kappa shape index (κ3) is 3.66. The monoisotopic (exact) mass is 346 g/mol. The largest absolute Gasteiger partial charge is 0.479 e. The smallest absolute Gasteiger partial charge is 0.331 e. The highest BCUT2D eigenvalue weighted by Crippen LogP contribution is 2.23. The number of carbonyl (C=O) groups excluding carboxylic acids is 2. The van der Waals surface area contributed by atoms with Gasteiger partial charge in [0.2, 0.25) is 5.91 Å². The minimum Gasteiger partial charge on any atom is -0.479 e. The summed E-state index contributed by atoms with van der Waals surface area (Å²) in [6, 6.07) is 8.96. The molecule has 7 nitrogen and oxygen atoms in total. The van der Waals surface area contributed by atoms with Crippen LogP contribution in [0.2, 0.25) is 0 Å². The number of carbonyl (C=O) groups is 3. The Morgan fingerprint density at radius 2 is 2.00 bits per heavy atom. The van der Waals surface area contributed by atoms with E-state index in [0.717, 1.165) is 0 Å². The van der Waals surface area contributed by atoms with Gasteiger partial charge in [-0.2, -0.15) is 0 Å². The summed E-state index contributed by atoms with van der Waals surface area (Å²) in [6.07, 6.45) is 1.61. The van der Waals surface area contributed by atoms with Gasteiger partial charge in [0.05, 0.1) is 12.5 Å². The molecule has 2 aliphatic rings. The van der Waals surface area contributed by atoms with Gasteiger partial charge in [-0.3, -0.25) is 9.59 Å². The Morgan fingerprint density at radius 1 is 1.24 bits per heavy atom. The van der Waals surface area contributed by atoms with E-state index in [1.807, 2.05) is 6.07 Å². The molecule has 0 bridgehead atoms. The van der Waals surface area contributed by atoms with E-state index in [9.17, 15) is 19.5 Å². The summed E-state index contributed by atoms with van der Waals surface area (Å²) in [5.41, 5.74) is -0.752. The lowest BCUT2D eigenvalue weighted by molar-refractivity contribution is -0.148. The highest BCUT2D eigenvalue weighted by molar-refractivity contribution is 5.95. The van der Waals surface area contributed by atoms with Crippen molar-refractivity contribution >= 4 is 17.8 Å². The third-order valence-electron chi connectivity index (χ3n) is 4.89. The van der Waals surface area contributed by atoms with Crippen molar-refractivity contribution in [2.24, 2.45) is 5.92 Å². The van der Waals surface area contributed by atoms with Crippen molar-refractivity contribution in [2.75, 3.05) is 26.3 Å². The second-order valence-electron chi connectivity index (χ2n) is 6.64. The standard InChI is InChI=1S/C18H22N2O5/c21-15(19-18(17(23)24)8-10-25-12-18)14-7-4-9-20(11-14)16(22)13-5-2-1-3-6-13/h1-3,5-6,14H,4,7-12H2,(H,19,21)(H,23,24). The van der Waals surface area contributed by atoms with Crippen LogP contribution >= 0.6 is 0 Å². The van der Waals surface area contributed by atoms with Crippen molar-refractivity contribution in [3.8, 4) is 0 Å². The first kappa shape index (κ1) is 17.4. The van der Waals surface area contributed by atoms with E-state index in [0.29, 0.717) is 38.1 Å². The number of amides is 2. The fourth-order valence-corrected chi connectivity index (χ4v) is 3.36. The van der Waals surface area contributed by atoms with Gasteiger partial charge in [-0.25, -0.2) is 4.79 Å². The zero-order chi connectivity index (χ0) is 17.9. The molecule has 25 heavy (non-hydrogen) atoms. The Hall–Kier alpha value is -2.41. The highest BCUT2D eigenvalue weighted by atomic mass is 16.5. The highest BCUT2D eigenvalue weighted by Gasteiger charge is 2.45. The number of benzene rings is 1. The molecule has 1 aromatic rings. The number of aliphatic carboxylic acids is 1. The summed E-state index contributed by atoms with van der Waals surface area (Å²) < 4.78 is 5.17. The number of ether oxygens (including phenoxy) is 1. The van der Waals surface area contributed by atoms with Crippen LogP contribution in [-0.4, -0.2) is 59.6 Å². The Labute approximate surface area is 146 Å². The van der Waals surface area contributed by atoms with Gasteiger partial charge < -0.3 is 20.1 Å². The minimum absolute atomic E-state index is 0.0204. The number of likely N-dealkylation sites (tertiary alicyclic amines) is 1. The molecule has 7 heteroatoms. The first-order valence-corrected chi connectivity index (χ1v) is 8.49. The van der Waals surface area contributed by atoms with Crippen LogP contribution in [0.25, 0.3) is 0 Å². The van der Waals surface area contributed by atoms with Gasteiger partial charge in [0.1, 0.15) is 0 Å². The maximum atomic E-state index is 12.6. The van der Waals surface area contributed by atoms with Gasteiger partial charge in [-0.05, 0) is 25.0 Å². The molecule has 0 saturated carbocycles. The molecule has 1 aromatic carbocycles. The SMILES string of the molecule is O=C(NC1(C(=O)O)CCOC1)C1CCCN(C(=O)c2ccccc2)C1. The Kier molecular flexibility index (Phi) is 5.03. The Balaban J connectivity index is 1.66. The molecule has 2 saturated heterocycles. The van der Waals surface area contributed by atoms with Crippen LogP contribution in [0.1, 0.15) is 29.6 Å². The summed E-state index contributed by atoms with van der Waals surface area (Å²) in [7, 11) is 0. The minimum atomic E-state index is -1.34. The zero-order valence-corrected chi connectivity index (χ0v) is 13.9. The number of hydrogen-bond acceptors (Lipinski definition) is 4. The van der Waals surface area contributed by atoms with Crippen molar-refractivity contribution in [1.29, 1.82) is 0 Å². The predicted molar refractivity (Wildman–Crippen MR) is 89.0 cm³/mol. The summed E-state index contributed by atoms with van der Waals surface area (Å²) in [6.45, 7) is 1.20. The van der Waals surface area contributed by atoms with Gasteiger partial charge in [0.25, 0.3) is 5.91 Å². The fourth-order valence-electron chi connectivity index (χ4n) is 3.36. The van der Waals surface area contributed by atoms with Gasteiger partial charge in [-0.1, -0.05) is 18.2 Å². The number of piperidine rings is 1. The van der Waals surface area contributed by atoms with E-state index < -0.39 is 17.4 Å². The van der Waals surface area contributed by atoms with E-state index in [1.54, 1.807) is 29.2 Å². The molecular weight excluding hydrogens is 324 g/mol. The van der Waals surface area contributed by atoms with E-state index in [1.165, 1.54) is 0 Å². The average molecular weight is 346 g/mol. The maximum Gasteiger partial charge on any atom is 0.331 e. The van der Waals surface area contributed by atoms with E-state index in [4.69, 9.17) is 4.74 Å². The molecule has 134 valence electrons. The molecule has 0 spiro atoms. The Morgan fingerprint density at radius 3 is 2.64 bits per heavy atom. The van der Waals surface area contributed by atoms with E-state index >= 15 is 0 Å². The molecule has 2 aliphatic heterocycles. The van der Waals surface area contributed by atoms with Crippen LogP contribution in [0.15, 0.2) is 30.3 Å². The molecule has 2 fully saturated rings. The van der Waals surface area contributed by atoms with Gasteiger partial charge >= 0.3 is 5.97 Å². The number of nitrogens with one attached hydrogen (secondary N) is 1. The average Bonchev–Trinajstić information content (AvgIpc) is 3.12. The summed E-state index contributed by atoms with van der Waals surface area (Å²) >= 11 is 0. The van der Waals surface area contributed by atoms with Crippen LogP contribution in [0.3, 0.4) is 0 Å². The van der Waals surface area contributed by atoms with Gasteiger partial charge in [0, 0.05) is 31.7 Å². The predicted octanol–water partition coefficient (Wildman–Crippen LogP) is 0.899. The van der Waals surface area contributed by atoms with E-state index in [2.05, 4.69) is 5.32 Å². The number of rotatable bonds is 4. The lowest BCUT2D eigenvalue weighted by atomic mass is 9.93. The molecule has 2 atom stereocenters. The quantitative estimate of drug-likeness (QED) is 0.844. The van der Waals surface area contributed by atoms with Gasteiger partial charge in [0.15, 0.2) is 5.54 Å². The van der Waals surface area contributed by atoms with Crippen molar-refractivity contribution < 1.29 is 24.2 Å². The molecule has 2 amide bonds. The summed E-state index contributed by atoms with van der Waals surface area (Å²) in [5.74, 6) is -1.90. The lowest BCUT2D eigenvalue weighted by Crippen LogP contribution is -2.58. The number of carboxylic acid groups (broad SMARTS) is 1. The molecule has 2 N–H and O–H groups in total. The normalized spacial score (nSPS) is 26.2. The molecule has 2 unspecified atom stereocenters. The zero-order valence-electron chi connectivity index (χ0n) is 13.9. The fraction of sp³-hybridized carbons (Fsp3) is 0.500. The van der Waals surface area contributed by atoms with Crippen molar-refractivity contribution in [1.82, 2.24) is 10.2 Å². The first-order valence-electron chi connectivity index (χ1n) is 8.49. The number of carboxylic acids is 1. The van der Waals surface area contributed by atoms with Crippen LogP contribution in [-0.2, 0) is 14.3 Å².